The van der Waals surface area contributed by atoms with Crippen LogP contribution in [0.1, 0.15) is 5.56 Å². The van der Waals surface area contributed by atoms with Gasteiger partial charge in [-0.2, -0.15) is 0 Å². The molecular weight excluding hydrogens is 299 g/mol. The van der Waals surface area contributed by atoms with Gasteiger partial charge in [-0.15, -0.1) is 0 Å². The molecule has 0 aliphatic carbocycles. The first-order valence-electron chi connectivity index (χ1n) is 5.43. The fraction of sp³-hybridized carbons (Fsp3) is 0.154. The third-order valence-electron chi connectivity index (χ3n) is 2.40. The lowest BCUT2D eigenvalue weighted by Crippen LogP contribution is -2.04. The molecule has 0 saturated carbocycles. The van der Waals surface area contributed by atoms with Gasteiger partial charge in [0.05, 0.1) is 16.8 Å². The Hall–Kier alpha value is -1.62. The van der Waals surface area contributed by atoms with Crippen molar-refractivity contribution in [2.75, 3.05) is 12.3 Å². The van der Waals surface area contributed by atoms with Crippen LogP contribution < -0.4 is 10.5 Å². The summed E-state index contributed by atoms with van der Waals surface area (Å²) in [4.78, 5) is 4.02. The van der Waals surface area contributed by atoms with Gasteiger partial charge in [-0.05, 0) is 33.6 Å². The van der Waals surface area contributed by atoms with Gasteiger partial charge in [-0.3, -0.25) is 4.98 Å². The van der Waals surface area contributed by atoms with Gasteiger partial charge in [0.25, 0.3) is 0 Å². The highest BCUT2D eigenvalue weighted by atomic mass is 79.9. The van der Waals surface area contributed by atoms with E-state index < -0.39 is 0 Å². The molecule has 3 nitrogen and oxygen atoms in total. The molecule has 0 spiro atoms. The third-order valence-corrected chi connectivity index (χ3v) is 2.99. The molecule has 0 aliphatic heterocycles. The van der Waals surface area contributed by atoms with Crippen molar-refractivity contribution in [1.29, 1.82) is 0 Å². The van der Waals surface area contributed by atoms with Crippen LogP contribution in [0.2, 0.25) is 0 Å². The number of pyridine rings is 1. The molecule has 0 fully saturated rings. The minimum Gasteiger partial charge on any atom is -0.490 e. The first-order valence-corrected chi connectivity index (χ1v) is 6.22. The Bertz CT molecular complexity index is 511. The molecule has 0 radical (unpaired) electrons. The van der Waals surface area contributed by atoms with E-state index in [1.54, 1.807) is 12.4 Å². The van der Waals surface area contributed by atoms with Crippen molar-refractivity contribution in [3.63, 3.8) is 0 Å². The van der Waals surface area contributed by atoms with Gasteiger partial charge in [0.15, 0.2) is 5.75 Å². The molecule has 1 aromatic heterocycles. The van der Waals surface area contributed by atoms with Crippen LogP contribution in [0.4, 0.5) is 10.1 Å². The van der Waals surface area contributed by atoms with Crippen LogP contribution in [-0.4, -0.2) is 11.6 Å². The van der Waals surface area contributed by atoms with Crippen LogP contribution in [0.5, 0.6) is 5.75 Å². The normalized spacial score (nSPS) is 10.3. The zero-order chi connectivity index (χ0) is 13.0. The molecule has 0 atom stereocenters. The second kappa shape index (κ2) is 5.82. The third kappa shape index (κ3) is 3.20. The number of nitrogens with zero attached hydrogens (tertiary/aromatic N) is 1. The summed E-state index contributed by atoms with van der Waals surface area (Å²) in [5.74, 6) is 0.0827. The largest absolute Gasteiger partial charge is 0.490 e. The highest BCUT2D eigenvalue weighted by molar-refractivity contribution is 9.10. The minimum atomic E-state index is -0.390. The second-order valence-corrected chi connectivity index (χ2v) is 4.62. The van der Waals surface area contributed by atoms with Crippen LogP contribution >= 0.6 is 15.9 Å². The summed E-state index contributed by atoms with van der Waals surface area (Å²) in [5.41, 5.74) is 7.06. The first-order chi connectivity index (χ1) is 8.66. The zero-order valence-corrected chi connectivity index (χ0v) is 11.2. The number of anilines is 1. The zero-order valence-electron chi connectivity index (χ0n) is 9.57. The molecule has 2 rings (SSSR count). The number of hydrogen-bond donors (Lipinski definition) is 1. The van der Waals surface area contributed by atoms with Crippen molar-refractivity contribution in [2.45, 2.75) is 6.42 Å². The minimum absolute atomic E-state index is 0.285. The molecule has 94 valence electrons. The first kappa shape index (κ1) is 12.8. The predicted molar refractivity (Wildman–Crippen MR) is 71.9 cm³/mol. The van der Waals surface area contributed by atoms with Gasteiger partial charge >= 0.3 is 0 Å². The Morgan fingerprint density at radius 2 is 2.22 bits per heavy atom. The summed E-state index contributed by atoms with van der Waals surface area (Å²) in [5, 5.41) is 0. The number of halogens is 2. The van der Waals surface area contributed by atoms with Gasteiger partial charge in [-0.1, -0.05) is 6.07 Å². The van der Waals surface area contributed by atoms with Crippen LogP contribution in [0.3, 0.4) is 0 Å². The van der Waals surface area contributed by atoms with E-state index in [9.17, 15) is 4.39 Å². The topological polar surface area (TPSA) is 48.1 Å². The molecule has 2 aromatic rings. The highest BCUT2D eigenvalue weighted by Crippen LogP contribution is 2.32. The van der Waals surface area contributed by atoms with E-state index in [0.29, 0.717) is 16.8 Å². The van der Waals surface area contributed by atoms with E-state index in [1.165, 1.54) is 12.1 Å². The molecule has 1 aromatic carbocycles. The summed E-state index contributed by atoms with van der Waals surface area (Å²) in [6, 6.07) is 6.41. The lowest BCUT2D eigenvalue weighted by atomic mass is 10.2. The summed E-state index contributed by atoms with van der Waals surface area (Å²) < 4.78 is 19.1. The number of benzene rings is 1. The van der Waals surface area contributed by atoms with E-state index in [4.69, 9.17) is 10.5 Å². The van der Waals surface area contributed by atoms with Crippen molar-refractivity contribution >= 4 is 21.6 Å². The van der Waals surface area contributed by atoms with Gasteiger partial charge in [0.1, 0.15) is 5.82 Å². The summed E-state index contributed by atoms with van der Waals surface area (Å²) in [6.45, 7) is 0.458. The SMILES string of the molecule is Nc1cc(F)cc(Br)c1OCCc1cccnc1. The second-order valence-electron chi connectivity index (χ2n) is 3.77. The predicted octanol–water partition coefficient (Wildman–Crippen LogP) is 3.19. The average Bonchev–Trinajstić information content (AvgIpc) is 2.34. The Morgan fingerprint density at radius 1 is 1.39 bits per heavy atom. The smallest absolute Gasteiger partial charge is 0.156 e. The van der Waals surface area contributed by atoms with E-state index >= 15 is 0 Å². The fourth-order valence-corrected chi connectivity index (χ4v) is 2.11. The lowest BCUT2D eigenvalue weighted by Gasteiger charge is -2.10. The van der Waals surface area contributed by atoms with Gasteiger partial charge in [0, 0.05) is 24.9 Å². The quantitative estimate of drug-likeness (QED) is 0.882. The molecule has 1 heterocycles. The number of hydrogen-bond acceptors (Lipinski definition) is 3. The fourth-order valence-electron chi connectivity index (χ4n) is 1.55. The molecule has 0 saturated heterocycles. The number of aromatic nitrogens is 1. The maximum atomic E-state index is 13.0. The van der Waals surface area contributed by atoms with E-state index in [1.807, 2.05) is 12.1 Å². The Kier molecular flexibility index (Phi) is 4.15. The maximum absolute atomic E-state index is 13.0. The average molecular weight is 311 g/mol. The van der Waals surface area contributed by atoms with Crippen molar-refractivity contribution in [3.05, 3.63) is 52.5 Å². The summed E-state index contributed by atoms with van der Waals surface area (Å²) in [7, 11) is 0. The van der Waals surface area contributed by atoms with Crippen LogP contribution in [0.15, 0.2) is 41.1 Å². The van der Waals surface area contributed by atoms with Crippen molar-refractivity contribution in [1.82, 2.24) is 4.98 Å². The molecular formula is C13H12BrFN2O. The molecule has 0 bridgehead atoms. The summed E-state index contributed by atoms with van der Waals surface area (Å²) in [6.07, 6.45) is 4.22. The summed E-state index contributed by atoms with van der Waals surface area (Å²) >= 11 is 3.23. The van der Waals surface area contributed by atoms with E-state index in [0.717, 1.165) is 12.0 Å². The molecule has 0 amide bonds. The van der Waals surface area contributed by atoms with E-state index in [-0.39, 0.29) is 11.5 Å². The van der Waals surface area contributed by atoms with Crippen molar-refractivity contribution < 1.29 is 9.13 Å². The number of rotatable bonds is 4. The van der Waals surface area contributed by atoms with Crippen molar-refractivity contribution in [2.24, 2.45) is 0 Å². The van der Waals surface area contributed by atoms with Gasteiger partial charge < -0.3 is 10.5 Å². The van der Waals surface area contributed by atoms with Crippen LogP contribution in [-0.2, 0) is 6.42 Å². The molecule has 0 unspecified atom stereocenters. The van der Waals surface area contributed by atoms with Gasteiger partial charge in [0.2, 0.25) is 0 Å². The van der Waals surface area contributed by atoms with Crippen molar-refractivity contribution in [3.8, 4) is 5.75 Å². The lowest BCUT2D eigenvalue weighted by molar-refractivity contribution is 0.321. The number of nitrogen functional groups attached to an aromatic ring is 1. The molecule has 0 aliphatic rings. The monoisotopic (exact) mass is 310 g/mol. The molecule has 5 heteroatoms. The number of nitrogens with two attached hydrogens (primary N) is 1. The standard InChI is InChI=1S/C13H12BrFN2O/c14-11-6-10(15)7-12(16)13(11)18-5-3-9-2-1-4-17-8-9/h1-2,4,6-8H,3,5,16H2. The molecule has 18 heavy (non-hydrogen) atoms. The van der Waals surface area contributed by atoms with E-state index in [2.05, 4.69) is 20.9 Å². The highest BCUT2D eigenvalue weighted by Gasteiger charge is 2.08. The van der Waals surface area contributed by atoms with Gasteiger partial charge in [-0.25, -0.2) is 4.39 Å². The Labute approximate surface area is 113 Å². The van der Waals surface area contributed by atoms with Crippen LogP contribution in [0, 0.1) is 5.82 Å². The van der Waals surface area contributed by atoms with Crippen LogP contribution in [0.25, 0.3) is 0 Å². The Balaban J connectivity index is 1.99. The number of ether oxygens (including phenoxy) is 1. The Morgan fingerprint density at radius 3 is 2.89 bits per heavy atom. The maximum Gasteiger partial charge on any atom is 0.156 e. The molecule has 2 N–H and O–H groups in total.